The lowest BCUT2D eigenvalue weighted by Gasteiger charge is -2.21. The lowest BCUT2D eigenvalue weighted by Crippen LogP contribution is -2.38. The van der Waals surface area contributed by atoms with Crippen molar-refractivity contribution in [2.24, 2.45) is 0 Å². The van der Waals surface area contributed by atoms with Crippen molar-refractivity contribution in [3.05, 3.63) is 33.0 Å². The number of nitrogens with zero attached hydrogens (tertiary/aromatic N) is 3. The summed E-state index contributed by atoms with van der Waals surface area (Å²) in [5.74, 6) is 0.648. The molecule has 1 atom stereocenters. The number of amides is 2. The van der Waals surface area contributed by atoms with Crippen molar-refractivity contribution in [3.8, 4) is 5.75 Å². The maximum atomic E-state index is 12.2. The average molecular weight is 493 g/mol. The summed E-state index contributed by atoms with van der Waals surface area (Å²) in [6.07, 6.45) is 0.458. The minimum Gasteiger partial charge on any atom is -0.496 e. The largest absolute Gasteiger partial charge is 0.496 e. The van der Waals surface area contributed by atoms with Crippen LogP contribution in [-0.2, 0) is 17.7 Å². The molecule has 9 nitrogen and oxygen atoms in total. The zero-order chi connectivity index (χ0) is 24.3. The molecule has 178 valence electrons. The van der Waals surface area contributed by atoms with Gasteiger partial charge in [0.05, 0.1) is 35.1 Å². The SMILES string of the molecule is COc1ccsc1CN(C(=O)O)c1cnnc2c(C)c(C[C@H](C)NC(=O)OC(C)(C)C)sc12. The fraction of sp³-hybridized carbons (Fsp3) is 0.455. The molecule has 0 fully saturated rings. The molecule has 0 aromatic carbocycles. The molecule has 0 aliphatic carbocycles. The fourth-order valence-electron chi connectivity index (χ4n) is 3.29. The first-order valence-electron chi connectivity index (χ1n) is 10.3. The van der Waals surface area contributed by atoms with E-state index in [0.717, 1.165) is 20.0 Å². The number of rotatable bonds is 7. The molecule has 3 heterocycles. The Labute approximate surface area is 200 Å². The van der Waals surface area contributed by atoms with Gasteiger partial charge in [0.1, 0.15) is 16.9 Å². The molecule has 0 saturated carbocycles. The first-order valence-corrected chi connectivity index (χ1v) is 12.0. The van der Waals surface area contributed by atoms with Gasteiger partial charge in [0.25, 0.3) is 0 Å². The molecule has 0 spiro atoms. The molecule has 0 unspecified atom stereocenters. The van der Waals surface area contributed by atoms with Gasteiger partial charge in [-0.3, -0.25) is 4.90 Å². The number of hydrogen-bond donors (Lipinski definition) is 2. The molecular formula is C22H28N4O5S2. The third-order valence-electron chi connectivity index (χ3n) is 4.79. The predicted octanol–water partition coefficient (Wildman–Crippen LogP) is 5.21. The summed E-state index contributed by atoms with van der Waals surface area (Å²) in [7, 11) is 1.56. The summed E-state index contributed by atoms with van der Waals surface area (Å²) in [5, 5.41) is 23.0. The third kappa shape index (κ3) is 5.91. The number of fused-ring (bicyclic) bond motifs is 1. The number of thiophene rings is 2. The highest BCUT2D eigenvalue weighted by Gasteiger charge is 2.25. The normalized spacial score (nSPS) is 12.4. The minimum absolute atomic E-state index is 0.139. The van der Waals surface area contributed by atoms with Crippen LogP contribution in [0.15, 0.2) is 17.6 Å². The van der Waals surface area contributed by atoms with E-state index >= 15 is 0 Å². The van der Waals surface area contributed by atoms with Gasteiger partial charge in [0, 0.05) is 17.3 Å². The average Bonchev–Trinajstić information content (AvgIpc) is 3.28. The summed E-state index contributed by atoms with van der Waals surface area (Å²) in [6, 6.07) is 1.63. The van der Waals surface area contributed by atoms with Crippen molar-refractivity contribution < 1.29 is 24.2 Å². The van der Waals surface area contributed by atoms with Crippen LogP contribution in [-0.4, -0.2) is 46.2 Å². The number of aromatic nitrogens is 2. The maximum Gasteiger partial charge on any atom is 0.412 e. The van der Waals surface area contributed by atoms with Gasteiger partial charge < -0.3 is 19.9 Å². The molecule has 3 rings (SSSR count). The van der Waals surface area contributed by atoms with Crippen LogP contribution < -0.4 is 15.0 Å². The summed E-state index contributed by atoms with van der Waals surface area (Å²) >= 11 is 2.89. The van der Waals surface area contributed by atoms with Gasteiger partial charge in [-0.15, -0.1) is 27.8 Å². The van der Waals surface area contributed by atoms with Crippen LogP contribution in [0.1, 0.15) is 43.0 Å². The van der Waals surface area contributed by atoms with Gasteiger partial charge in [-0.25, -0.2) is 9.59 Å². The van der Waals surface area contributed by atoms with E-state index in [0.29, 0.717) is 23.4 Å². The highest BCUT2D eigenvalue weighted by Crippen LogP contribution is 2.38. The molecule has 0 aliphatic heterocycles. The van der Waals surface area contributed by atoms with Crippen LogP contribution in [0.5, 0.6) is 5.75 Å². The highest BCUT2D eigenvalue weighted by atomic mass is 32.1. The Bertz CT molecular complexity index is 1150. The molecule has 33 heavy (non-hydrogen) atoms. The van der Waals surface area contributed by atoms with Crippen molar-refractivity contribution in [1.82, 2.24) is 15.5 Å². The van der Waals surface area contributed by atoms with Gasteiger partial charge in [-0.1, -0.05) is 0 Å². The fourth-order valence-corrected chi connectivity index (χ4v) is 5.51. The zero-order valence-corrected chi connectivity index (χ0v) is 21.1. The van der Waals surface area contributed by atoms with E-state index in [2.05, 4.69) is 15.5 Å². The van der Waals surface area contributed by atoms with Crippen LogP contribution in [0, 0.1) is 6.92 Å². The van der Waals surface area contributed by atoms with Crippen LogP contribution in [0.25, 0.3) is 10.2 Å². The molecule has 11 heteroatoms. The summed E-state index contributed by atoms with van der Waals surface area (Å²) in [4.78, 5) is 27.3. The number of alkyl carbamates (subject to hydrolysis) is 1. The Balaban J connectivity index is 1.88. The summed E-state index contributed by atoms with van der Waals surface area (Å²) in [5.41, 5.74) is 1.46. The topological polar surface area (TPSA) is 114 Å². The number of carbonyl (C=O) groups is 2. The van der Waals surface area contributed by atoms with E-state index in [1.54, 1.807) is 7.11 Å². The molecule has 3 aromatic heterocycles. The third-order valence-corrected chi connectivity index (χ3v) is 7.00. The zero-order valence-electron chi connectivity index (χ0n) is 19.5. The lowest BCUT2D eigenvalue weighted by atomic mass is 10.1. The Morgan fingerprint density at radius 3 is 2.67 bits per heavy atom. The van der Waals surface area contributed by atoms with E-state index in [1.165, 1.54) is 33.8 Å². The standard InChI is InChI=1S/C22H28N4O5S2/c1-12(24-20(27)31-22(3,4)5)9-16-13(2)18-19(33-16)14(10-23-25-18)26(21(28)29)11-17-15(30-6)7-8-32-17/h7-8,10,12H,9,11H2,1-6H3,(H,24,27)(H,28,29)/t12-/m0/s1. The quantitative estimate of drug-likeness (QED) is 0.465. The van der Waals surface area contributed by atoms with Gasteiger partial charge in [0.15, 0.2) is 0 Å². The maximum absolute atomic E-state index is 12.2. The lowest BCUT2D eigenvalue weighted by molar-refractivity contribution is 0.0508. The first kappa shape index (κ1) is 24.7. The number of aryl methyl sites for hydroxylation is 1. The second-order valence-corrected chi connectivity index (χ2v) is 10.7. The number of carboxylic acid groups (broad SMARTS) is 1. The predicted molar refractivity (Wildman–Crippen MR) is 130 cm³/mol. The second kappa shape index (κ2) is 9.92. The van der Waals surface area contributed by atoms with E-state index in [1.807, 2.05) is 46.1 Å². The van der Waals surface area contributed by atoms with Crippen LogP contribution in [0.2, 0.25) is 0 Å². The molecule has 0 bridgehead atoms. The summed E-state index contributed by atoms with van der Waals surface area (Å²) in [6.45, 7) is 9.40. The molecule has 0 saturated heterocycles. The number of nitrogens with one attached hydrogen (secondary N) is 1. The minimum atomic E-state index is -1.09. The number of ether oxygens (including phenoxy) is 2. The number of carbonyl (C=O) groups excluding carboxylic acids is 1. The monoisotopic (exact) mass is 492 g/mol. The smallest absolute Gasteiger partial charge is 0.412 e. The number of anilines is 1. The molecular weight excluding hydrogens is 464 g/mol. The van der Waals surface area contributed by atoms with Crippen LogP contribution in [0.4, 0.5) is 15.3 Å². The van der Waals surface area contributed by atoms with Crippen molar-refractivity contribution in [3.63, 3.8) is 0 Å². The van der Waals surface area contributed by atoms with Gasteiger partial charge >= 0.3 is 12.2 Å². The number of hydrogen-bond acceptors (Lipinski definition) is 8. The van der Waals surface area contributed by atoms with E-state index in [-0.39, 0.29) is 12.6 Å². The van der Waals surface area contributed by atoms with Crippen molar-refractivity contribution in [2.45, 2.75) is 59.2 Å². The molecule has 0 aliphatic rings. The van der Waals surface area contributed by atoms with Gasteiger partial charge in [-0.2, -0.15) is 5.10 Å². The molecule has 2 N–H and O–H groups in total. The summed E-state index contributed by atoms with van der Waals surface area (Å²) < 4.78 is 11.4. The van der Waals surface area contributed by atoms with Crippen LogP contribution in [0.3, 0.4) is 0 Å². The highest BCUT2D eigenvalue weighted by molar-refractivity contribution is 7.19. The Hall–Kier alpha value is -2.92. The second-order valence-electron chi connectivity index (χ2n) is 8.59. The number of methoxy groups -OCH3 is 1. The Kier molecular flexibility index (Phi) is 7.43. The Morgan fingerprint density at radius 2 is 2.03 bits per heavy atom. The van der Waals surface area contributed by atoms with E-state index < -0.39 is 17.8 Å². The van der Waals surface area contributed by atoms with E-state index in [9.17, 15) is 14.7 Å². The van der Waals surface area contributed by atoms with Crippen molar-refractivity contribution in [1.29, 1.82) is 0 Å². The van der Waals surface area contributed by atoms with Crippen molar-refractivity contribution in [2.75, 3.05) is 12.0 Å². The van der Waals surface area contributed by atoms with Crippen LogP contribution >= 0.6 is 22.7 Å². The Morgan fingerprint density at radius 1 is 1.30 bits per heavy atom. The van der Waals surface area contributed by atoms with Gasteiger partial charge in [-0.05, 0) is 51.6 Å². The molecule has 0 radical (unpaired) electrons. The van der Waals surface area contributed by atoms with Gasteiger partial charge in [0.2, 0.25) is 0 Å². The molecule has 3 aromatic rings. The van der Waals surface area contributed by atoms with Crippen molar-refractivity contribution >= 4 is 50.8 Å². The first-order chi connectivity index (χ1) is 15.5. The van der Waals surface area contributed by atoms with E-state index in [4.69, 9.17) is 9.47 Å². The molecule has 2 amide bonds.